The summed E-state index contributed by atoms with van der Waals surface area (Å²) in [4.78, 5) is 4.26. The van der Waals surface area contributed by atoms with E-state index >= 15 is 0 Å². The number of nitrogens with one attached hydrogen (secondary N) is 1. The largest absolute Gasteiger partial charge is 0.493 e. The van der Waals surface area contributed by atoms with E-state index < -0.39 is 0 Å². The Morgan fingerprint density at radius 1 is 1.09 bits per heavy atom. The van der Waals surface area contributed by atoms with Gasteiger partial charge >= 0.3 is 0 Å². The summed E-state index contributed by atoms with van der Waals surface area (Å²) in [7, 11) is 3.17. The third-order valence-electron chi connectivity index (χ3n) is 2.85. The molecule has 0 aliphatic carbocycles. The zero-order valence-electron chi connectivity index (χ0n) is 12.3. The van der Waals surface area contributed by atoms with Crippen molar-refractivity contribution in [3.05, 3.63) is 52.8 Å². The number of hydrogen-bond donors (Lipinski definition) is 1. The monoisotopic (exact) mass is 364 g/mol. The van der Waals surface area contributed by atoms with Crippen LogP contribution in [0.25, 0.3) is 0 Å². The van der Waals surface area contributed by atoms with Gasteiger partial charge < -0.3 is 14.8 Å². The van der Waals surface area contributed by atoms with Crippen molar-refractivity contribution in [1.82, 2.24) is 10.3 Å². The topological polar surface area (TPSA) is 43.4 Å². The Kier molecular flexibility index (Phi) is 9.94. The number of rotatable bonds is 6. The Hall–Kier alpha value is -1.20. The molecule has 1 N–H and O–H groups in total. The fraction of sp³-hybridized carbons (Fsp3) is 0.267. The fourth-order valence-corrected chi connectivity index (χ4v) is 2.22. The molecule has 0 atom stereocenters. The van der Waals surface area contributed by atoms with E-state index in [9.17, 15) is 0 Å². The molecule has 2 aromatic rings. The molecule has 4 nitrogen and oxygen atoms in total. The molecule has 1 aromatic heterocycles. The van der Waals surface area contributed by atoms with Gasteiger partial charge in [-0.15, -0.1) is 24.8 Å². The highest BCUT2D eigenvalue weighted by molar-refractivity contribution is 6.32. The lowest BCUT2D eigenvalue weighted by molar-refractivity contribution is 0.354. The van der Waals surface area contributed by atoms with Gasteiger partial charge in [0.05, 0.1) is 24.9 Å². The molecule has 0 saturated carbocycles. The summed E-state index contributed by atoms with van der Waals surface area (Å²) >= 11 is 6.16. The number of ether oxygens (including phenoxy) is 2. The van der Waals surface area contributed by atoms with E-state index in [0.717, 1.165) is 11.3 Å². The Labute approximate surface area is 148 Å². The first-order chi connectivity index (χ1) is 9.74. The molecular formula is C15H19Cl3N2O2. The maximum absolute atomic E-state index is 6.16. The molecule has 0 unspecified atom stereocenters. The number of aromatic nitrogens is 1. The quantitative estimate of drug-likeness (QED) is 0.843. The van der Waals surface area contributed by atoms with Crippen molar-refractivity contribution < 1.29 is 9.47 Å². The van der Waals surface area contributed by atoms with Crippen LogP contribution >= 0.6 is 36.4 Å². The number of halogens is 3. The Balaban J connectivity index is 0.00000220. The number of nitrogens with zero attached hydrogens (tertiary/aromatic N) is 1. The number of benzene rings is 1. The maximum Gasteiger partial charge on any atom is 0.179 e. The molecule has 0 aliphatic rings. The van der Waals surface area contributed by atoms with E-state index in [0.29, 0.717) is 29.6 Å². The highest BCUT2D eigenvalue weighted by atomic mass is 35.5. The van der Waals surface area contributed by atoms with E-state index in [-0.39, 0.29) is 24.8 Å². The van der Waals surface area contributed by atoms with Crippen molar-refractivity contribution in [3.63, 3.8) is 0 Å². The molecule has 2 rings (SSSR count). The van der Waals surface area contributed by atoms with Gasteiger partial charge in [-0.1, -0.05) is 17.7 Å². The molecule has 122 valence electrons. The van der Waals surface area contributed by atoms with Crippen molar-refractivity contribution in [2.45, 2.75) is 13.1 Å². The lowest BCUT2D eigenvalue weighted by atomic mass is 10.2. The van der Waals surface area contributed by atoms with Crippen LogP contribution in [0, 0.1) is 0 Å². The number of methoxy groups -OCH3 is 2. The van der Waals surface area contributed by atoms with Crippen molar-refractivity contribution in [2.24, 2.45) is 0 Å². The van der Waals surface area contributed by atoms with Crippen LogP contribution in [-0.4, -0.2) is 19.2 Å². The minimum atomic E-state index is 0. The van der Waals surface area contributed by atoms with Crippen LogP contribution in [0.15, 0.2) is 36.5 Å². The lowest BCUT2D eigenvalue weighted by Gasteiger charge is -2.12. The van der Waals surface area contributed by atoms with Crippen molar-refractivity contribution >= 4 is 36.4 Å². The van der Waals surface area contributed by atoms with Crippen LogP contribution < -0.4 is 14.8 Å². The van der Waals surface area contributed by atoms with E-state index in [1.807, 2.05) is 30.3 Å². The minimum absolute atomic E-state index is 0. The highest BCUT2D eigenvalue weighted by Gasteiger charge is 2.10. The van der Waals surface area contributed by atoms with Gasteiger partial charge in [-0.3, -0.25) is 4.98 Å². The fourth-order valence-electron chi connectivity index (χ4n) is 1.91. The summed E-state index contributed by atoms with van der Waals surface area (Å²) in [6.07, 6.45) is 1.78. The lowest BCUT2D eigenvalue weighted by Crippen LogP contribution is -2.13. The first-order valence-corrected chi connectivity index (χ1v) is 6.63. The van der Waals surface area contributed by atoms with Crippen LogP contribution in [-0.2, 0) is 13.1 Å². The zero-order chi connectivity index (χ0) is 14.4. The third-order valence-corrected chi connectivity index (χ3v) is 3.14. The summed E-state index contributed by atoms with van der Waals surface area (Å²) in [6.45, 7) is 1.38. The second kappa shape index (κ2) is 10.5. The Morgan fingerprint density at radius 3 is 2.45 bits per heavy atom. The third kappa shape index (κ3) is 5.54. The summed E-state index contributed by atoms with van der Waals surface area (Å²) in [5.41, 5.74) is 2.03. The van der Waals surface area contributed by atoms with Crippen molar-refractivity contribution in [1.29, 1.82) is 0 Å². The molecule has 0 amide bonds. The summed E-state index contributed by atoms with van der Waals surface area (Å²) in [6, 6.07) is 9.63. The molecule has 0 bridgehead atoms. The first-order valence-electron chi connectivity index (χ1n) is 6.25. The van der Waals surface area contributed by atoms with Gasteiger partial charge in [0.2, 0.25) is 0 Å². The highest BCUT2D eigenvalue weighted by Crippen LogP contribution is 2.35. The van der Waals surface area contributed by atoms with E-state index in [1.165, 1.54) is 0 Å². The van der Waals surface area contributed by atoms with Gasteiger partial charge in [-0.05, 0) is 29.8 Å². The average Bonchev–Trinajstić information content (AvgIpc) is 2.47. The van der Waals surface area contributed by atoms with Crippen LogP contribution in [0.4, 0.5) is 0 Å². The van der Waals surface area contributed by atoms with Crippen LogP contribution in [0.3, 0.4) is 0 Å². The predicted molar refractivity (Wildman–Crippen MR) is 93.8 cm³/mol. The SMILES string of the molecule is COc1cc(CNCc2ccccn2)cc(Cl)c1OC.Cl.Cl. The molecule has 22 heavy (non-hydrogen) atoms. The summed E-state index contributed by atoms with van der Waals surface area (Å²) < 4.78 is 10.5. The molecule has 1 aromatic carbocycles. The van der Waals surface area contributed by atoms with Gasteiger partial charge in [0.25, 0.3) is 0 Å². The minimum Gasteiger partial charge on any atom is -0.493 e. The van der Waals surface area contributed by atoms with Crippen molar-refractivity contribution in [3.8, 4) is 11.5 Å². The molecule has 7 heteroatoms. The van der Waals surface area contributed by atoms with Gasteiger partial charge in [0, 0.05) is 19.3 Å². The smallest absolute Gasteiger partial charge is 0.179 e. The molecule has 0 spiro atoms. The molecule has 0 saturated heterocycles. The van der Waals surface area contributed by atoms with Gasteiger partial charge in [-0.25, -0.2) is 0 Å². The van der Waals surface area contributed by atoms with Gasteiger partial charge in [-0.2, -0.15) is 0 Å². The zero-order valence-corrected chi connectivity index (χ0v) is 14.7. The van der Waals surface area contributed by atoms with Gasteiger partial charge in [0.15, 0.2) is 11.5 Å². The molecule has 0 radical (unpaired) electrons. The van der Waals surface area contributed by atoms with Crippen LogP contribution in [0.2, 0.25) is 5.02 Å². The molecule has 0 fully saturated rings. The normalized spacial score (nSPS) is 9.41. The van der Waals surface area contributed by atoms with Crippen molar-refractivity contribution in [2.75, 3.05) is 14.2 Å². The summed E-state index contributed by atoms with van der Waals surface area (Å²) in [5.74, 6) is 1.19. The summed E-state index contributed by atoms with van der Waals surface area (Å²) in [5, 5.41) is 3.86. The first kappa shape index (κ1) is 20.8. The van der Waals surface area contributed by atoms with Crippen LogP contribution in [0.5, 0.6) is 11.5 Å². The molecular weight excluding hydrogens is 347 g/mol. The standard InChI is InChI=1S/C15H17ClN2O2.2ClH/c1-19-14-8-11(7-13(16)15(14)20-2)9-17-10-12-5-3-4-6-18-12;;/h3-8,17H,9-10H2,1-2H3;2*1H. The van der Waals surface area contributed by atoms with Crippen LogP contribution in [0.1, 0.15) is 11.3 Å². The van der Waals surface area contributed by atoms with Gasteiger partial charge in [0.1, 0.15) is 0 Å². The second-order valence-corrected chi connectivity index (χ2v) is 4.64. The predicted octanol–water partition coefficient (Wildman–Crippen LogP) is 3.89. The Morgan fingerprint density at radius 2 is 1.86 bits per heavy atom. The van der Waals surface area contributed by atoms with E-state index in [4.69, 9.17) is 21.1 Å². The maximum atomic E-state index is 6.16. The van der Waals surface area contributed by atoms with E-state index in [1.54, 1.807) is 20.4 Å². The average molecular weight is 366 g/mol. The van der Waals surface area contributed by atoms with E-state index in [2.05, 4.69) is 10.3 Å². The molecule has 0 aliphatic heterocycles. The molecule has 1 heterocycles. The Bertz CT molecular complexity index is 568. The number of hydrogen-bond acceptors (Lipinski definition) is 4. The number of pyridine rings is 1. The second-order valence-electron chi connectivity index (χ2n) is 4.24.